The fraction of sp³-hybridized carbons (Fsp3) is 0.684. The summed E-state index contributed by atoms with van der Waals surface area (Å²) < 4.78 is 1.77. The number of amides is 1. The van der Waals surface area contributed by atoms with Crippen LogP contribution in [0.5, 0.6) is 0 Å². The van der Waals surface area contributed by atoms with Gasteiger partial charge in [-0.1, -0.05) is 6.42 Å². The maximum absolute atomic E-state index is 12.8. The molecule has 138 valence electrons. The Morgan fingerprint density at radius 3 is 2.73 bits per heavy atom. The van der Waals surface area contributed by atoms with E-state index in [1.807, 2.05) is 13.2 Å². The third-order valence-electron chi connectivity index (χ3n) is 6.76. The lowest BCUT2D eigenvalue weighted by Gasteiger charge is -2.36. The van der Waals surface area contributed by atoms with Gasteiger partial charge < -0.3 is 9.80 Å². The predicted octanol–water partition coefficient (Wildman–Crippen LogP) is 1.84. The molecular formula is C19H26N6O. The summed E-state index contributed by atoms with van der Waals surface area (Å²) in [6.45, 7) is 3.21. The Hall–Kier alpha value is -2.18. The normalized spacial score (nSPS) is 28.3. The first-order valence-electron chi connectivity index (χ1n) is 9.84. The molecule has 7 nitrogen and oxygen atoms in total. The Bertz CT molecular complexity index is 825. The number of aryl methyl sites for hydroxylation is 1. The number of hydrogen-bond donors (Lipinski definition) is 0. The molecule has 0 N–H and O–H groups in total. The van der Waals surface area contributed by atoms with E-state index in [2.05, 4.69) is 24.9 Å². The molecule has 2 aromatic rings. The number of carbonyl (C=O) groups excluding carboxylic acids is 1. The zero-order valence-electron chi connectivity index (χ0n) is 15.3. The smallest absolute Gasteiger partial charge is 0.222 e. The van der Waals surface area contributed by atoms with Gasteiger partial charge >= 0.3 is 0 Å². The molecule has 3 aliphatic rings. The summed E-state index contributed by atoms with van der Waals surface area (Å²) in [7, 11) is 1.89. The Kier molecular flexibility index (Phi) is 3.83. The van der Waals surface area contributed by atoms with E-state index in [-0.39, 0.29) is 0 Å². The maximum Gasteiger partial charge on any atom is 0.222 e. The molecule has 0 spiro atoms. The van der Waals surface area contributed by atoms with Crippen LogP contribution in [0.1, 0.15) is 32.1 Å². The molecule has 3 unspecified atom stereocenters. The molecular weight excluding hydrogens is 328 g/mol. The van der Waals surface area contributed by atoms with Crippen LogP contribution in [0, 0.1) is 17.8 Å². The lowest BCUT2D eigenvalue weighted by molar-refractivity contribution is -0.132. The van der Waals surface area contributed by atoms with Gasteiger partial charge in [0.15, 0.2) is 5.65 Å². The van der Waals surface area contributed by atoms with E-state index in [0.717, 1.165) is 61.3 Å². The number of fused-ring (bicyclic) bond motifs is 3. The van der Waals surface area contributed by atoms with Gasteiger partial charge in [-0.2, -0.15) is 5.10 Å². The molecule has 5 rings (SSSR count). The SMILES string of the molecule is Cn1ncc2c(N3CCN(C(=O)CC4CC5CCC4C5)CC3)ncnc21. The van der Waals surface area contributed by atoms with Crippen LogP contribution < -0.4 is 4.90 Å². The maximum atomic E-state index is 12.8. The van der Waals surface area contributed by atoms with E-state index in [0.29, 0.717) is 11.8 Å². The third-order valence-corrected chi connectivity index (χ3v) is 6.76. The van der Waals surface area contributed by atoms with Gasteiger partial charge in [-0.3, -0.25) is 9.48 Å². The van der Waals surface area contributed by atoms with Crippen LogP contribution in [-0.2, 0) is 11.8 Å². The van der Waals surface area contributed by atoms with Gasteiger partial charge in [-0.05, 0) is 37.0 Å². The van der Waals surface area contributed by atoms with E-state index in [9.17, 15) is 4.79 Å². The number of hydrogen-bond acceptors (Lipinski definition) is 5. The molecule has 1 saturated heterocycles. The second kappa shape index (κ2) is 6.21. The lowest BCUT2D eigenvalue weighted by Crippen LogP contribution is -2.49. The topological polar surface area (TPSA) is 67.2 Å². The van der Waals surface area contributed by atoms with E-state index in [4.69, 9.17) is 0 Å². The van der Waals surface area contributed by atoms with Gasteiger partial charge in [0.2, 0.25) is 5.91 Å². The summed E-state index contributed by atoms with van der Waals surface area (Å²) in [4.78, 5) is 25.9. The molecule has 26 heavy (non-hydrogen) atoms. The fourth-order valence-electron chi connectivity index (χ4n) is 5.35. The Morgan fingerprint density at radius 2 is 2.00 bits per heavy atom. The van der Waals surface area contributed by atoms with Crippen molar-refractivity contribution in [1.82, 2.24) is 24.6 Å². The third kappa shape index (κ3) is 2.64. The first-order valence-corrected chi connectivity index (χ1v) is 9.84. The number of anilines is 1. The molecule has 1 amide bonds. The number of aromatic nitrogens is 4. The van der Waals surface area contributed by atoms with Gasteiger partial charge in [-0.25, -0.2) is 9.97 Å². The van der Waals surface area contributed by atoms with E-state index in [1.165, 1.54) is 25.7 Å². The average Bonchev–Trinajstić information content (AvgIpc) is 3.38. The van der Waals surface area contributed by atoms with Crippen molar-refractivity contribution in [3.63, 3.8) is 0 Å². The number of carbonyl (C=O) groups is 1. The second-order valence-corrected chi connectivity index (χ2v) is 8.21. The zero-order valence-corrected chi connectivity index (χ0v) is 15.3. The summed E-state index contributed by atoms with van der Waals surface area (Å²) in [6.07, 6.45) is 9.61. The fourth-order valence-corrected chi connectivity index (χ4v) is 5.35. The first kappa shape index (κ1) is 16.0. The van der Waals surface area contributed by atoms with Gasteiger partial charge in [0.1, 0.15) is 12.1 Å². The lowest BCUT2D eigenvalue weighted by atomic mass is 9.86. The van der Waals surface area contributed by atoms with Crippen molar-refractivity contribution in [3.8, 4) is 0 Å². The highest BCUT2D eigenvalue weighted by molar-refractivity contribution is 5.86. The van der Waals surface area contributed by atoms with Crippen molar-refractivity contribution >= 4 is 22.8 Å². The highest BCUT2D eigenvalue weighted by Crippen LogP contribution is 2.49. The Morgan fingerprint density at radius 1 is 1.15 bits per heavy atom. The quantitative estimate of drug-likeness (QED) is 0.841. The van der Waals surface area contributed by atoms with Crippen molar-refractivity contribution in [1.29, 1.82) is 0 Å². The Balaban J connectivity index is 1.22. The van der Waals surface area contributed by atoms with Crippen LogP contribution in [0.25, 0.3) is 11.0 Å². The van der Waals surface area contributed by atoms with Crippen molar-refractivity contribution in [3.05, 3.63) is 12.5 Å². The highest BCUT2D eigenvalue weighted by Gasteiger charge is 2.40. The molecule has 2 bridgehead atoms. The van der Waals surface area contributed by atoms with Gasteiger partial charge in [0, 0.05) is 39.6 Å². The van der Waals surface area contributed by atoms with Crippen molar-refractivity contribution in [2.75, 3.05) is 31.1 Å². The highest BCUT2D eigenvalue weighted by atomic mass is 16.2. The first-order chi connectivity index (χ1) is 12.7. The number of rotatable bonds is 3. The Labute approximate surface area is 153 Å². The largest absolute Gasteiger partial charge is 0.352 e. The monoisotopic (exact) mass is 354 g/mol. The second-order valence-electron chi connectivity index (χ2n) is 8.21. The van der Waals surface area contributed by atoms with Crippen molar-refractivity contribution in [2.24, 2.45) is 24.8 Å². The molecule has 3 heterocycles. The van der Waals surface area contributed by atoms with Crippen LogP contribution in [0.4, 0.5) is 5.82 Å². The summed E-state index contributed by atoms with van der Waals surface area (Å²) in [6, 6.07) is 0. The van der Waals surface area contributed by atoms with Crippen LogP contribution in [-0.4, -0.2) is 56.7 Å². The van der Waals surface area contributed by atoms with Crippen LogP contribution >= 0.6 is 0 Å². The standard InChI is InChI=1S/C19H26N6O/c1-23-18-16(11-22-23)19(21-12-20-18)25-6-4-24(5-7-25)17(26)10-15-9-13-2-3-14(15)8-13/h11-15H,2-10H2,1H3. The van der Waals surface area contributed by atoms with Gasteiger partial charge in [0.05, 0.1) is 11.6 Å². The van der Waals surface area contributed by atoms with Crippen LogP contribution in [0.3, 0.4) is 0 Å². The molecule has 2 aromatic heterocycles. The minimum absolute atomic E-state index is 0.358. The summed E-state index contributed by atoms with van der Waals surface area (Å²) >= 11 is 0. The zero-order chi connectivity index (χ0) is 17.7. The summed E-state index contributed by atoms with van der Waals surface area (Å²) in [5.74, 6) is 3.68. The van der Waals surface area contributed by atoms with Crippen molar-refractivity contribution < 1.29 is 4.79 Å². The minimum atomic E-state index is 0.358. The molecule has 3 fully saturated rings. The summed E-state index contributed by atoms with van der Waals surface area (Å²) in [5.41, 5.74) is 0.852. The molecule has 0 radical (unpaired) electrons. The number of piperazine rings is 1. The molecule has 2 aliphatic carbocycles. The van der Waals surface area contributed by atoms with Gasteiger partial charge in [0.25, 0.3) is 0 Å². The molecule has 0 aromatic carbocycles. The minimum Gasteiger partial charge on any atom is -0.352 e. The van der Waals surface area contributed by atoms with E-state index < -0.39 is 0 Å². The van der Waals surface area contributed by atoms with Crippen LogP contribution in [0.2, 0.25) is 0 Å². The van der Waals surface area contributed by atoms with Crippen molar-refractivity contribution in [2.45, 2.75) is 32.1 Å². The molecule has 7 heteroatoms. The molecule has 1 aliphatic heterocycles. The summed E-state index contributed by atoms with van der Waals surface area (Å²) in [5, 5.41) is 5.28. The average molecular weight is 354 g/mol. The number of nitrogens with zero attached hydrogens (tertiary/aromatic N) is 6. The van der Waals surface area contributed by atoms with E-state index in [1.54, 1.807) is 11.0 Å². The van der Waals surface area contributed by atoms with E-state index >= 15 is 0 Å². The molecule has 3 atom stereocenters. The molecule has 2 saturated carbocycles. The van der Waals surface area contributed by atoms with Crippen LogP contribution in [0.15, 0.2) is 12.5 Å². The predicted molar refractivity (Wildman–Crippen MR) is 98.7 cm³/mol. The van der Waals surface area contributed by atoms with Gasteiger partial charge in [-0.15, -0.1) is 0 Å².